The summed E-state index contributed by atoms with van der Waals surface area (Å²) in [7, 11) is 0. The van der Waals surface area contributed by atoms with Gasteiger partial charge in [-0.1, -0.05) is 60.0 Å². The molecule has 0 amide bonds. The number of hydrogen-bond acceptors (Lipinski definition) is 16. The van der Waals surface area contributed by atoms with Gasteiger partial charge in [0.15, 0.2) is 37.0 Å². The van der Waals surface area contributed by atoms with Crippen molar-refractivity contribution in [1.82, 2.24) is 0 Å². The summed E-state index contributed by atoms with van der Waals surface area (Å²) in [6.45, 7) is 10.1. The second kappa shape index (κ2) is 16.6. The first-order valence-electron chi connectivity index (χ1n) is 16.2. The Hall–Kier alpha value is -0.330. The number of rotatable bonds is 15. The molecule has 5 fully saturated rings. The molecular weight excluding hydrogens is 789 g/mol. The zero-order valence-corrected chi connectivity index (χ0v) is 30.8. The van der Waals surface area contributed by atoms with Crippen LogP contribution in [-0.2, 0) is 50.9 Å². The van der Waals surface area contributed by atoms with E-state index in [4.69, 9.17) is 33.1 Å². The van der Waals surface area contributed by atoms with E-state index in [0.29, 0.717) is 17.3 Å². The number of alkyl halides is 1. The Morgan fingerprint density at radius 2 is 1.75 bits per heavy atom. The number of carboxylic acid groups (broad SMARTS) is 1. The molecule has 4 aliphatic carbocycles. The summed E-state index contributed by atoms with van der Waals surface area (Å²) in [5, 5.41) is 46.7. The van der Waals surface area contributed by atoms with Crippen molar-refractivity contribution < 1.29 is 71.6 Å². The van der Waals surface area contributed by atoms with Gasteiger partial charge in [-0.05, 0) is 79.6 Å². The molecule has 274 valence electrons. The van der Waals surface area contributed by atoms with Gasteiger partial charge in [0.1, 0.15) is 18.3 Å². The number of aliphatic hydroxyl groups is 1. The molecule has 1 heterocycles. The van der Waals surface area contributed by atoms with E-state index in [0.717, 1.165) is 31.3 Å². The molecule has 5 aliphatic rings. The average molecular weight is 835 g/mol. The highest BCUT2D eigenvalue weighted by Crippen LogP contribution is 2.70. The SMILES string of the molecule is C=C1C2CCC3C4(C)CC(O[C@H]5O[C@@H](C[125I])[C@@H](OSOOO)[C@H](OSOOO)C5OC(=O)CC(C)C)CC(C(=O)O)C4CCC3(C2)[C@H]1O. The number of carboxylic acids is 1. The number of fused-ring (bicyclic) bond motifs is 3. The van der Waals surface area contributed by atoms with Crippen LogP contribution in [0.1, 0.15) is 72.1 Å². The summed E-state index contributed by atoms with van der Waals surface area (Å²) < 4.78 is 39.6. The first-order chi connectivity index (χ1) is 22.9. The molecule has 18 heteroatoms. The molecule has 8 unspecified atom stereocenters. The highest BCUT2D eigenvalue weighted by atomic mass is 125. The quantitative estimate of drug-likeness (QED) is 0.0186. The third kappa shape index (κ3) is 7.72. The lowest BCUT2D eigenvalue weighted by atomic mass is 9.43. The fourth-order valence-electron chi connectivity index (χ4n) is 9.67. The van der Waals surface area contributed by atoms with Crippen molar-refractivity contribution in [3.8, 4) is 0 Å². The lowest BCUT2D eigenvalue weighted by Crippen LogP contribution is -2.63. The maximum Gasteiger partial charge on any atom is 0.306 e. The number of carbonyl (C=O) groups excluding carboxylic acids is 1. The number of hydrogen-bond donors (Lipinski definition) is 4. The van der Waals surface area contributed by atoms with E-state index < -0.39 is 66.2 Å². The Labute approximate surface area is 301 Å². The number of carbonyl (C=O) groups is 2. The number of esters is 1. The van der Waals surface area contributed by atoms with Crippen LogP contribution in [0.3, 0.4) is 0 Å². The van der Waals surface area contributed by atoms with E-state index in [1.807, 2.05) is 13.8 Å². The molecule has 1 saturated heterocycles. The topological polar surface area (TPSA) is 198 Å². The first-order valence-corrected chi connectivity index (χ1v) is 19.0. The van der Waals surface area contributed by atoms with E-state index in [1.165, 1.54) is 0 Å². The highest BCUT2D eigenvalue weighted by molar-refractivity contribution is 14.1. The normalized spacial score (nSPS) is 42.3. The van der Waals surface area contributed by atoms with E-state index in [-0.39, 0.29) is 66.6 Å². The van der Waals surface area contributed by atoms with E-state index >= 15 is 0 Å². The zero-order valence-electron chi connectivity index (χ0n) is 27.0. The van der Waals surface area contributed by atoms with Crippen LogP contribution in [0.2, 0.25) is 0 Å². The molecule has 15 nitrogen and oxygen atoms in total. The lowest BCUT2D eigenvalue weighted by molar-refractivity contribution is -0.436. The Morgan fingerprint density at radius 3 is 2.38 bits per heavy atom. The standard InChI is InChI=1S/C30H45IO15S2/c1-14(2)9-22(32)40-25-24(42-48-46-44-37)23(41-47-45-43-36)20(13-31)39-28(25)38-17-10-18(27(34)35)19-7-8-30-11-16(15(3)26(30)33)5-6-21(30)29(19,4)12-17/h14,16-21,23-26,28,33,36-37H,3,5-13H2,1-2,4H3,(H,34,35)/t16?,17?,18?,19?,20-,21?,23+,24-,25?,26-,28-,29?,30?/m0/s1/i31-2. The smallest absolute Gasteiger partial charge is 0.306 e. The average Bonchev–Trinajstić information content (AvgIpc) is 3.21. The second-order valence-electron chi connectivity index (χ2n) is 14.3. The largest absolute Gasteiger partial charge is 0.481 e. The predicted octanol–water partition coefficient (Wildman–Crippen LogP) is 5.47. The van der Waals surface area contributed by atoms with Crippen LogP contribution in [0.15, 0.2) is 12.2 Å². The molecule has 4 N–H and O–H groups in total. The Kier molecular flexibility index (Phi) is 13.4. The van der Waals surface area contributed by atoms with Crippen molar-refractivity contribution in [2.45, 2.75) is 115 Å². The molecule has 0 radical (unpaired) electrons. The molecule has 4 saturated carbocycles. The van der Waals surface area contributed by atoms with Crippen molar-refractivity contribution in [2.24, 2.45) is 40.4 Å². The monoisotopic (exact) mass is 834 g/mol. The van der Waals surface area contributed by atoms with Crippen LogP contribution >= 0.6 is 47.2 Å². The number of aliphatic hydroxyl groups excluding tert-OH is 1. The Bertz CT molecular complexity index is 1150. The first kappa shape index (κ1) is 38.9. The summed E-state index contributed by atoms with van der Waals surface area (Å²) in [5.74, 6) is -1.96. The summed E-state index contributed by atoms with van der Waals surface area (Å²) in [5.41, 5.74) is 0.0886. The maximum atomic E-state index is 13.1. The van der Waals surface area contributed by atoms with Crippen molar-refractivity contribution in [3.05, 3.63) is 12.2 Å². The predicted molar refractivity (Wildman–Crippen MR) is 176 cm³/mol. The van der Waals surface area contributed by atoms with Gasteiger partial charge < -0.3 is 24.4 Å². The molecule has 5 rings (SSSR count). The van der Waals surface area contributed by atoms with Crippen LogP contribution in [0, 0.1) is 40.4 Å². The summed E-state index contributed by atoms with van der Waals surface area (Å²) in [6.07, 6.45) is -1.81. The van der Waals surface area contributed by atoms with Crippen molar-refractivity contribution in [1.29, 1.82) is 0 Å². The minimum atomic E-state index is -1.27. The summed E-state index contributed by atoms with van der Waals surface area (Å²) in [4.78, 5) is 25.9. The minimum absolute atomic E-state index is 0.0386. The molecule has 0 aromatic carbocycles. The Balaban J connectivity index is 1.46. The van der Waals surface area contributed by atoms with Crippen LogP contribution in [-0.4, -0.2) is 80.0 Å². The van der Waals surface area contributed by atoms with Crippen LogP contribution in [0.25, 0.3) is 0 Å². The summed E-state index contributed by atoms with van der Waals surface area (Å²) in [6, 6.07) is 0. The van der Waals surface area contributed by atoms with Gasteiger partial charge in [-0.15, -0.1) is 8.67 Å². The van der Waals surface area contributed by atoms with Crippen LogP contribution < -0.4 is 0 Å². The maximum absolute atomic E-state index is 13.1. The van der Waals surface area contributed by atoms with Crippen molar-refractivity contribution in [3.63, 3.8) is 0 Å². The van der Waals surface area contributed by atoms with E-state index in [2.05, 4.69) is 54.8 Å². The molecule has 13 atom stereocenters. The molecule has 1 spiro atoms. The van der Waals surface area contributed by atoms with Crippen LogP contribution in [0.5, 0.6) is 0 Å². The molecule has 0 aromatic rings. The highest BCUT2D eigenvalue weighted by Gasteiger charge is 2.67. The van der Waals surface area contributed by atoms with Crippen LogP contribution in [0.4, 0.5) is 0 Å². The third-order valence-corrected chi connectivity index (χ3v) is 13.1. The Morgan fingerprint density at radius 1 is 1.06 bits per heavy atom. The van der Waals surface area contributed by atoms with Gasteiger partial charge in [0.2, 0.25) is 0 Å². The second-order valence-corrected chi connectivity index (χ2v) is 16.1. The van der Waals surface area contributed by atoms with Gasteiger partial charge in [-0.3, -0.25) is 18.0 Å². The van der Waals surface area contributed by atoms with Gasteiger partial charge in [-0.2, -0.15) is 0 Å². The van der Waals surface area contributed by atoms with Gasteiger partial charge >= 0.3 is 11.9 Å². The number of aliphatic carboxylic acids is 1. The minimum Gasteiger partial charge on any atom is -0.481 e. The number of ether oxygens (including phenoxy) is 3. The summed E-state index contributed by atoms with van der Waals surface area (Å²) >= 11 is 2.61. The van der Waals surface area contributed by atoms with E-state index in [1.54, 1.807) is 0 Å². The van der Waals surface area contributed by atoms with Crippen molar-refractivity contribution >= 4 is 59.2 Å². The van der Waals surface area contributed by atoms with E-state index in [9.17, 15) is 19.8 Å². The molecule has 0 aromatic heterocycles. The number of halogens is 1. The third-order valence-electron chi connectivity index (χ3n) is 11.4. The van der Waals surface area contributed by atoms with Gasteiger partial charge in [0, 0.05) is 16.3 Å². The van der Waals surface area contributed by atoms with Crippen molar-refractivity contribution in [2.75, 3.05) is 4.43 Å². The molecule has 2 bridgehead atoms. The zero-order chi connectivity index (χ0) is 34.8. The fraction of sp³-hybridized carbons (Fsp3) is 0.867. The molecule has 1 aliphatic heterocycles. The lowest BCUT2D eigenvalue weighted by Gasteiger charge is -2.62. The molecular formula is C30H45IO15S2. The van der Waals surface area contributed by atoms with Gasteiger partial charge in [0.05, 0.1) is 18.1 Å². The van der Waals surface area contributed by atoms with Gasteiger partial charge in [-0.25, -0.2) is 10.5 Å². The fourth-order valence-corrected chi connectivity index (χ4v) is 11.1. The molecule has 48 heavy (non-hydrogen) atoms. The van der Waals surface area contributed by atoms with Gasteiger partial charge in [0.25, 0.3) is 0 Å².